The van der Waals surface area contributed by atoms with Crippen molar-refractivity contribution in [3.05, 3.63) is 0 Å². The highest BCUT2D eigenvalue weighted by atomic mass is 16.4. The van der Waals surface area contributed by atoms with Crippen molar-refractivity contribution >= 4 is 12.0 Å². The summed E-state index contributed by atoms with van der Waals surface area (Å²) in [6, 6.07) is 0.399. The van der Waals surface area contributed by atoms with Crippen LogP contribution in [-0.4, -0.2) is 40.6 Å². The quantitative estimate of drug-likeness (QED) is 0.821. The molecule has 2 amide bonds. The SMILES string of the molecule is CCN(C(=O)N[C@H]1CC[C@@H](C(=O)O)C1)C1CCCC1. The van der Waals surface area contributed by atoms with Gasteiger partial charge in [-0.3, -0.25) is 4.79 Å². The number of aliphatic carboxylic acids is 1. The lowest BCUT2D eigenvalue weighted by molar-refractivity contribution is -0.141. The van der Waals surface area contributed by atoms with Gasteiger partial charge in [-0.25, -0.2) is 4.79 Å². The number of carboxylic acids is 1. The van der Waals surface area contributed by atoms with Gasteiger partial charge in [-0.1, -0.05) is 12.8 Å². The van der Waals surface area contributed by atoms with Gasteiger partial charge in [0.25, 0.3) is 0 Å². The molecule has 2 N–H and O–H groups in total. The molecule has 2 rings (SSSR count). The van der Waals surface area contributed by atoms with E-state index < -0.39 is 5.97 Å². The second kappa shape index (κ2) is 6.26. The zero-order valence-electron chi connectivity index (χ0n) is 11.6. The lowest BCUT2D eigenvalue weighted by Gasteiger charge is -2.29. The third kappa shape index (κ3) is 3.39. The fourth-order valence-corrected chi connectivity index (χ4v) is 3.38. The van der Waals surface area contributed by atoms with E-state index in [1.54, 1.807) is 0 Å². The lowest BCUT2D eigenvalue weighted by atomic mass is 10.1. The van der Waals surface area contributed by atoms with Crippen LogP contribution in [0.25, 0.3) is 0 Å². The second-order valence-electron chi connectivity index (χ2n) is 5.72. The Hall–Kier alpha value is -1.26. The van der Waals surface area contributed by atoms with Crippen LogP contribution in [0.15, 0.2) is 0 Å². The molecule has 0 saturated heterocycles. The first kappa shape index (κ1) is 14.2. The molecule has 2 atom stereocenters. The number of carboxylic acid groups (broad SMARTS) is 1. The Morgan fingerprint density at radius 1 is 1.21 bits per heavy atom. The van der Waals surface area contributed by atoms with Gasteiger partial charge >= 0.3 is 12.0 Å². The molecule has 0 unspecified atom stereocenters. The fraction of sp³-hybridized carbons (Fsp3) is 0.857. The van der Waals surface area contributed by atoms with E-state index in [1.807, 2.05) is 11.8 Å². The third-order valence-electron chi connectivity index (χ3n) is 4.48. The Balaban J connectivity index is 1.84. The van der Waals surface area contributed by atoms with Gasteiger partial charge < -0.3 is 15.3 Å². The van der Waals surface area contributed by atoms with E-state index in [0.29, 0.717) is 18.9 Å². The van der Waals surface area contributed by atoms with Crippen LogP contribution in [0.4, 0.5) is 4.79 Å². The number of urea groups is 1. The predicted octanol–water partition coefficient (Wildman–Crippen LogP) is 2.21. The summed E-state index contributed by atoms with van der Waals surface area (Å²) in [6.45, 7) is 2.73. The van der Waals surface area contributed by atoms with Crippen LogP contribution < -0.4 is 5.32 Å². The van der Waals surface area contributed by atoms with Gasteiger partial charge in [-0.15, -0.1) is 0 Å². The molecule has 108 valence electrons. The topological polar surface area (TPSA) is 69.6 Å². The van der Waals surface area contributed by atoms with Gasteiger partial charge in [0.05, 0.1) is 5.92 Å². The highest BCUT2D eigenvalue weighted by molar-refractivity contribution is 5.75. The highest BCUT2D eigenvalue weighted by Gasteiger charge is 2.32. The lowest BCUT2D eigenvalue weighted by Crippen LogP contribution is -2.48. The van der Waals surface area contributed by atoms with Gasteiger partial charge in [0.15, 0.2) is 0 Å². The molecular formula is C14H24N2O3. The van der Waals surface area contributed by atoms with Crippen LogP contribution in [0, 0.1) is 5.92 Å². The number of hydrogen-bond donors (Lipinski definition) is 2. The maximum absolute atomic E-state index is 12.3. The van der Waals surface area contributed by atoms with Crippen molar-refractivity contribution in [2.24, 2.45) is 5.92 Å². The maximum Gasteiger partial charge on any atom is 0.317 e. The van der Waals surface area contributed by atoms with Gasteiger partial charge in [-0.05, 0) is 39.0 Å². The number of carbonyl (C=O) groups is 2. The van der Waals surface area contributed by atoms with Gasteiger partial charge in [0.1, 0.15) is 0 Å². The summed E-state index contributed by atoms with van der Waals surface area (Å²) in [5.41, 5.74) is 0. The van der Waals surface area contributed by atoms with E-state index in [2.05, 4.69) is 5.32 Å². The third-order valence-corrected chi connectivity index (χ3v) is 4.48. The van der Waals surface area contributed by atoms with Crippen molar-refractivity contribution in [2.45, 2.75) is 64.0 Å². The summed E-state index contributed by atoms with van der Waals surface area (Å²) in [5.74, 6) is -1.02. The molecule has 0 heterocycles. The molecule has 0 spiro atoms. The van der Waals surface area contributed by atoms with E-state index in [0.717, 1.165) is 25.8 Å². The Labute approximate surface area is 114 Å². The van der Waals surface area contributed by atoms with Crippen LogP contribution in [0.1, 0.15) is 51.9 Å². The molecule has 0 aromatic rings. The summed E-state index contributed by atoms with van der Waals surface area (Å²) in [7, 11) is 0. The number of hydrogen-bond acceptors (Lipinski definition) is 2. The largest absolute Gasteiger partial charge is 0.481 e. The normalized spacial score (nSPS) is 27.4. The maximum atomic E-state index is 12.3. The molecule has 0 radical (unpaired) electrons. The van der Waals surface area contributed by atoms with Crippen molar-refractivity contribution in [1.82, 2.24) is 10.2 Å². The molecule has 0 bridgehead atoms. The van der Waals surface area contributed by atoms with E-state index in [4.69, 9.17) is 5.11 Å². The van der Waals surface area contributed by atoms with Crippen molar-refractivity contribution in [1.29, 1.82) is 0 Å². The molecule has 2 fully saturated rings. The monoisotopic (exact) mass is 268 g/mol. The first-order valence-electron chi connectivity index (χ1n) is 7.41. The minimum absolute atomic E-state index is 0.00885. The first-order chi connectivity index (χ1) is 9.11. The second-order valence-corrected chi connectivity index (χ2v) is 5.72. The average molecular weight is 268 g/mol. The Morgan fingerprint density at radius 3 is 2.42 bits per heavy atom. The summed E-state index contributed by atoms with van der Waals surface area (Å²) >= 11 is 0. The smallest absolute Gasteiger partial charge is 0.317 e. The zero-order valence-corrected chi connectivity index (χ0v) is 11.6. The van der Waals surface area contributed by atoms with Crippen molar-refractivity contribution in [2.75, 3.05) is 6.54 Å². The standard InChI is InChI=1S/C14H24N2O3/c1-2-16(12-5-3-4-6-12)14(19)15-11-8-7-10(9-11)13(17)18/h10-12H,2-9H2,1H3,(H,15,19)(H,17,18)/t10-,11+/m1/s1. The van der Waals surface area contributed by atoms with Crippen LogP contribution in [0.3, 0.4) is 0 Å². The molecule has 5 heteroatoms. The summed E-state index contributed by atoms with van der Waals surface area (Å²) in [5, 5.41) is 12.0. The average Bonchev–Trinajstić information content (AvgIpc) is 3.01. The molecule has 0 aromatic heterocycles. The Bertz CT molecular complexity index is 340. The predicted molar refractivity (Wildman–Crippen MR) is 71.9 cm³/mol. The van der Waals surface area contributed by atoms with Gasteiger partial charge in [0.2, 0.25) is 0 Å². The molecule has 5 nitrogen and oxygen atoms in total. The van der Waals surface area contributed by atoms with E-state index >= 15 is 0 Å². The molecule has 2 aliphatic carbocycles. The molecule has 19 heavy (non-hydrogen) atoms. The minimum Gasteiger partial charge on any atom is -0.481 e. The van der Waals surface area contributed by atoms with Gasteiger partial charge in [-0.2, -0.15) is 0 Å². The summed E-state index contributed by atoms with van der Waals surface area (Å²) in [6.07, 6.45) is 6.65. The van der Waals surface area contributed by atoms with Crippen molar-refractivity contribution in [3.63, 3.8) is 0 Å². The molecular weight excluding hydrogens is 244 g/mol. The van der Waals surface area contributed by atoms with Gasteiger partial charge in [0, 0.05) is 18.6 Å². The van der Waals surface area contributed by atoms with E-state index in [-0.39, 0.29) is 18.0 Å². The molecule has 2 saturated carbocycles. The Morgan fingerprint density at radius 2 is 1.89 bits per heavy atom. The van der Waals surface area contributed by atoms with E-state index in [1.165, 1.54) is 12.8 Å². The number of nitrogens with one attached hydrogen (secondary N) is 1. The Kier molecular flexibility index (Phi) is 4.66. The fourth-order valence-electron chi connectivity index (χ4n) is 3.38. The molecule has 0 aliphatic heterocycles. The first-order valence-corrected chi connectivity index (χ1v) is 7.41. The molecule has 2 aliphatic rings. The highest BCUT2D eigenvalue weighted by Crippen LogP contribution is 2.27. The minimum atomic E-state index is -0.736. The van der Waals surface area contributed by atoms with Crippen molar-refractivity contribution in [3.8, 4) is 0 Å². The van der Waals surface area contributed by atoms with Crippen LogP contribution in [0.2, 0.25) is 0 Å². The van der Waals surface area contributed by atoms with E-state index in [9.17, 15) is 9.59 Å². The van der Waals surface area contributed by atoms with Crippen molar-refractivity contribution < 1.29 is 14.7 Å². The number of amides is 2. The number of nitrogens with zero attached hydrogens (tertiary/aromatic N) is 1. The number of rotatable bonds is 4. The zero-order chi connectivity index (χ0) is 13.8. The summed E-state index contributed by atoms with van der Waals surface area (Å²) in [4.78, 5) is 25.1. The summed E-state index contributed by atoms with van der Waals surface area (Å²) < 4.78 is 0. The van der Waals surface area contributed by atoms with Crippen LogP contribution in [-0.2, 0) is 4.79 Å². The van der Waals surface area contributed by atoms with Crippen LogP contribution in [0.5, 0.6) is 0 Å². The number of carbonyl (C=O) groups excluding carboxylic acids is 1. The molecule has 0 aromatic carbocycles. The van der Waals surface area contributed by atoms with Crippen LogP contribution >= 0.6 is 0 Å².